The molecular formula is C13H13O2P. The molecule has 1 N–H and O–H groups in total. The van der Waals surface area contributed by atoms with Crippen LogP contribution in [0.3, 0.4) is 0 Å². The Morgan fingerprint density at radius 3 is 2.00 bits per heavy atom. The third-order valence-corrected chi connectivity index (χ3v) is 3.28. The molecule has 0 saturated carbocycles. The number of hydrogen-bond acceptors (Lipinski definition) is 1. The van der Waals surface area contributed by atoms with Crippen molar-refractivity contribution in [3.8, 4) is 0 Å². The van der Waals surface area contributed by atoms with Crippen LogP contribution in [-0.2, 0) is 11.0 Å². The zero-order chi connectivity index (χ0) is 11.4. The molecule has 82 valence electrons. The van der Waals surface area contributed by atoms with Crippen LogP contribution in [0.4, 0.5) is 0 Å². The van der Waals surface area contributed by atoms with Crippen molar-refractivity contribution in [3.63, 3.8) is 0 Å². The quantitative estimate of drug-likeness (QED) is 0.825. The predicted molar refractivity (Wildman–Crippen MR) is 66.5 cm³/mol. The Balaban J connectivity index is 2.14. The van der Waals surface area contributed by atoms with Gasteiger partial charge in [0.05, 0.1) is 0 Å². The van der Waals surface area contributed by atoms with Crippen molar-refractivity contribution in [2.24, 2.45) is 0 Å². The first-order valence-electron chi connectivity index (χ1n) is 5.12. The SMILES string of the molecule is O=[PH](O)c1ccc(Cc2ccccc2)cc1. The lowest BCUT2D eigenvalue weighted by atomic mass is 10.1. The van der Waals surface area contributed by atoms with Crippen molar-refractivity contribution in [3.05, 3.63) is 65.7 Å². The van der Waals surface area contributed by atoms with E-state index in [4.69, 9.17) is 4.89 Å². The fourth-order valence-corrected chi connectivity index (χ4v) is 2.05. The highest BCUT2D eigenvalue weighted by molar-refractivity contribution is 7.47. The molecule has 2 aromatic carbocycles. The fraction of sp³-hybridized carbons (Fsp3) is 0.0769. The molecule has 2 nitrogen and oxygen atoms in total. The molecule has 1 unspecified atom stereocenters. The maximum Gasteiger partial charge on any atom is 0.218 e. The second-order valence-electron chi connectivity index (χ2n) is 3.66. The summed E-state index contributed by atoms with van der Waals surface area (Å²) in [4.78, 5) is 8.95. The van der Waals surface area contributed by atoms with E-state index in [1.165, 1.54) is 5.56 Å². The van der Waals surface area contributed by atoms with Crippen LogP contribution < -0.4 is 5.30 Å². The molecule has 0 aliphatic carbocycles. The van der Waals surface area contributed by atoms with Gasteiger partial charge >= 0.3 is 0 Å². The normalized spacial score (nSPS) is 12.3. The van der Waals surface area contributed by atoms with Gasteiger partial charge in [-0.15, -0.1) is 0 Å². The van der Waals surface area contributed by atoms with Gasteiger partial charge in [-0.25, -0.2) is 0 Å². The molecule has 0 aliphatic heterocycles. The van der Waals surface area contributed by atoms with Crippen molar-refractivity contribution >= 4 is 13.3 Å². The van der Waals surface area contributed by atoms with Crippen LogP contribution in [0.2, 0.25) is 0 Å². The number of hydrogen-bond donors (Lipinski definition) is 1. The minimum Gasteiger partial charge on any atom is -0.343 e. The van der Waals surface area contributed by atoms with Gasteiger partial charge in [0.25, 0.3) is 0 Å². The second-order valence-corrected chi connectivity index (χ2v) is 4.85. The van der Waals surface area contributed by atoms with E-state index in [0.717, 1.165) is 12.0 Å². The van der Waals surface area contributed by atoms with E-state index < -0.39 is 8.03 Å². The van der Waals surface area contributed by atoms with Crippen molar-refractivity contribution < 1.29 is 9.46 Å². The maximum atomic E-state index is 10.9. The molecule has 3 heteroatoms. The molecule has 0 radical (unpaired) electrons. The van der Waals surface area contributed by atoms with Crippen molar-refractivity contribution in [2.75, 3.05) is 0 Å². The van der Waals surface area contributed by atoms with E-state index in [0.29, 0.717) is 5.30 Å². The molecule has 2 rings (SSSR count). The molecule has 0 aromatic heterocycles. The molecule has 0 saturated heterocycles. The lowest BCUT2D eigenvalue weighted by Gasteiger charge is -2.02. The Morgan fingerprint density at radius 2 is 1.44 bits per heavy atom. The molecule has 0 fully saturated rings. The summed E-state index contributed by atoms with van der Waals surface area (Å²) < 4.78 is 10.9. The van der Waals surface area contributed by atoms with Crippen molar-refractivity contribution in [1.29, 1.82) is 0 Å². The molecule has 0 aliphatic rings. The average Bonchev–Trinajstić information content (AvgIpc) is 2.31. The fourth-order valence-electron chi connectivity index (χ4n) is 1.60. The van der Waals surface area contributed by atoms with Gasteiger partial charge in [-0.3, -0.25) is 4.57 Å². The first-order chi connectivity index (χ1) is 7.75. The first kappa shape index (κ1) is 11.1. The van der Waals surface area contributed by atoms with E-state index in [-0.39, 0.29) is 0 Å². The molecule has 1 atom stereocenters. The lowest BCUT2D eigenvalue weighted by molar-refractivity contribution is 0.513. The molecule has 16 heavy (non-hydrogen) atoms. The van der Waals surface area contributed by atoms with Crippen LogP contribution in [0.25, 0.3) is 0 Å². The Hall–Kier alpha value is -1.37. The monoisotopic (exact) mass is 232 g/mol. The summed E-state index contributed by atoms with van der Waals surface area (Å²) in [5, 5.41) is 0.516. The highest BCUT2D eigenvalue weighted by Crippen LogP contribution is 2.14. The first-order valence-corrected chi connectivity index (χ1v) is 6.47. The summed E-state index contributed by atoms with van der Waals surface area (Å²) in [6.45, 7) is 0. The molecule has 0 heterocycles. The smallest absolute Gasteiger partial charge is 0.218 e. The van der Waals surface area contributed by atoms with Gasteiger partial charge in [-0.05, 0) is 29.7 Å². The summed E-state index contributed by atoms with van der Waals surface area (Å²) >= 11 is 0. The minimum absolute atomic E-state index is 0.516. The minimum atomic E-state index is -2.55. The summed E-state index contributed by atoms with van der Waals surface area (Å²) in [6.07, 6.45) is 0.855. The van der Waals surface area contributed by atoms with Crippen molar-refractivity contribution in [1.82, 2.24) is 0 Å². The van der Waals surface area contributed by atoms with E-state index in [9.17, 15) is 4.57 Å². The molecule has 0 amide bonds. The van der Waals surface area contributed by atoms with Crippen LogP contribution in [0.15, 0.2) is 54.6 Å². The standard InChI is InChI=1S/C13H13O2P/c14-16(15)13-8-6-12(7-9-13)10-11-4-2-1-3-5-11/h1-9,16H,10H2,(H,14,15). The molecule has 2 aromatic rings. The summed E-state index contributed by atoms with van der Waals surface area (Å²) in [5.41, 5.74) is 2.39. The van der Waals surface area contributed by atoms with Crippen LogP contribution in [0.1, 0.15) is 11.1 Å². The molecule has 0 spiro atoms. The second kappa shape index (κ2) is 5.11. The predicted octanol–water partition coefficient (Wildman–Crippen LogP) is 2.37. The van der Waals surface area contributed by atoms with Crippen LogP contribution in [-0.4, -0.2) is 4.89 Å². The zero-order valence-corrected chi connectivity index (χ0v) is 9.76. The summed E-state index contributed by atoms with van der Waals surface area (Å²) in [5.74, 6) is 0. The number of rotatable bonds is 3. The Morgan fingerprint density at radius 1 is 0.875 bits per heavy atom. The van der Waals surface area contributed by atoms with Crippen LogP contribution >= 0.6 is 8.03 Å². The Bertz CT molecular complexity index is 477. The van der Waals surface area contributed by atoms with Gasteiger partial charge in [0.1, 0.15) is 0 Å². The average molecular weight is 232 g/mol. The van der Waals surface area contributed by atoms with Crippen LogP contribution in [0.5, 0.6) is 0 Å². The van der Waals surface area contributed by atoms with E-state index in [1.54, 1.807) is 12.1 Å². The van der Waals surface area contributed by atoms with Gasteiger partial charge in [-0.2, -0.15) is 0 Å². The van der Waals surface area contributed by atoms with Gasteiger partial charge in [0, 0.05) is 5.30 Å². The summed E-state index contributed by atoms with van der Waals surface area (Å²) in [6, 6.07) is 17.4. The third-order valence-electron chi connectivity index (χ3n) is 2.45. The van der Waals surface area contributed by atoms with E-state index in [1.807, 2.05) is 30.3 Å². The maximum absolute atomic E-state index is 10.9. The Kier molecular flexibility index (Phi) is 3.55. The number of benzene rings is 2. The topological polar surface area (TPSA) is 37.3 Å². The van der Waals surface area contributed by atoms with Crippen molar-refractivity contribution in [2.45, 2.75) is 6.42 Å². The summed E-state index contributed by atoms with van der Waals surface area (Å²) in [7, 11) is -2.55. The lowest BCUT2D eigenvalue weighted by Crippen LogP contribution is -1.96. The van der Waals surface area contributed by atoms with E-state index >= 15 is 0 Å². The van der Waals surface area contributed by atoms with Gasteiger partial charge in [-0.1, -0.05) is 42.5 Å². The molecule has 0 bridgehead atoms. The van der Waals surface area contributed by atoms with Gasteiger partial charge < -0.3 is 4.89 Å². The van der Waals surface area contributed by atoms with Gasteiger partial charge in [0.2, 0.25) is 8.03 Å². The Labute approximate surface area is 95.4 Å². The highest BCUT2D eigenvalue weighted by Gasteiger charge is 1.99. The van der Waals surface area contributed by atoms with E-state index in [2.05, 4.69) is 12.1 Å². The molecular weight excluding hydrogens is 219 g/mol. The third kappa shape index (κ3) is 2.82. The van der Waals surface area contributed by atoms with Gasteiger partial charge in [0.15, 0.2) is 0 Å². The van der Waals surface area contributed by atoms with Crippen LogP contribution in [0, 0.1) is 0 Å². The highest BCUT2D eigenvalue weighted by atomic mass is 31.1. The zero-order valence-electron chi connectivity index (χ0n) is 8.76. The largest absolute Gasteiger partial charge is 0.343 e.